The molecular weight excluding hydrogens is 348 g/mol. The Kier molecular flexibility index (Phi) is 8.62. The van der Waals surface area contributed by atoms with Crippen molar-refractivity contribution in [3.63, 3.8) is 0 Å². The van der Waals surface area contributed by atoms with Gasteiger partial charge >= 0.3 is 0 Å². The summed E-state index contributed by atoms with van der Waals surface area (Å²) >= 11 is 0. The van der Waals surface area contributed by atoms with E-state index < -0.39 is 5.92 Å². The highest BCUT2D eigenvalue weighted by molar-refractivity contribution is 6.16. The predicted molar refractivity (Wildman–Crippen MR) is 117 cm³/mol. The standard InChI is InChI=1S/C24H30O3.CH4/c1-6-7-8-21(23(26)18-11-15-20(27-5)16-12-18)22(25)17-9-13-19(14-10-17)24(2,3)4;/h9-16,21H,6-8H2,1-5H3;1H4. The Hall–Kier alpha value is -2.42. The zero-order valence-corrected chi connectivity index (χ0v) is 17.0. The summed E-state index contributed by atoms with van der Waals surface area (Å²) in [5, 5.41) is 0. The van der Waals surface area contributed by atoms with Gasteiger partial charge in [-0.25, -0.2) is 0 Å². The van der Waals surface area contributed by atoms with Crippen LogP contribution >= 0.6 is 0 Å². The van der Waals surface area contributed by atoms with E-state index in [-0.39, 0.29) is 24.4 Å². The zero-order chi connectivity index (χ0) is 20.0. The summed E-state index contributed by atoms with van der Waals surface area (Å²) in [6, 6.07) is 14.7. The van der Waals surface area contributed by atoms with Crippen LogP contribution in [0.2, 0.25) is 0 Å². The number of hydrogen-bond acceptors (Lipinski definition) is 3. The van der Waals surface area contributed by atoms with Crippen molar-refractivity contribution in [2.45, 2.75) is 59.8 Å². The smallest absolute Gasteiger partial charge is 0.173 e. The minimum atomic E-state index is -0.640. The number of ketones is 2. The normalized spacial score (nSPS) is 12.0. The lowest BCUT2D eigenvalue weighted by Gasteiger charge is -2.20. The van der Waals surface area contributed by atoms with Gasteiger partial charge in [0.2, 0.25) is 0 Å². The Balaban J connectivity index is 0.00000392. The lowest BCUT2D eigenvalue weighted by Crippen LogP contribution is -2.25. The molecule has 0 saturated heterocycles. The van der Waals surface area contributed by atoms with Crippen LogP contribution in [0.25, 0.3) is 0 Å². The average Bonchev–Trinajstić information content (AvgIpc) is 2.67. The van der Waals surface area contributed by atoms with Crippen molar-refractivity contribution >= 4 is 11.6 Å². The lowest BCUT2D eigenvalue weighted by molar-refractivity contribution is 0.0797. The second-order valence-corrected chi connectivity index (χ2v) is 7.98. The van der Waals surface area contributed by atoms with Crippen molar-refractivity contribution in [2.75, 3.05) is 7.11 Å². The number of unbranched alkanes of at least 4 members (excludes halogenated alkanes) is 1. The van der Waals surface area contributed by atoms with Gasteiger partial charge in [-0.15, -0.1) is 0 Å². The minimum absolute atomic E-state index is 0. The van der Waals surface area contributed by atoms with Crippen LogP contribution in [0.4, 0.5) is 0 Å². The van der Waals surface area contributed by atoms with E-state index in [1.807, 2.05) is 24.3 Å². The summed E-state index contributed by atoms with van der Waals surface area (Å²) in [7, 11) is 1.59. The van der Waals surface area contributed by atoms with Crippen molar-refractivity contribution < 1.29 is 14.3 Å². The molecule has 0 fully saturated rings. The van der Waals surface area contributed by atoms with Gasteiger partial charge in [0.25, 0.3) is 0 Å². The second-order valence-electron chi connectivity index (χ2n) is 7.98. The van der Waals surface area contributed by atoms with Gasteiger partial charge in [-0.05, 0) is 41.7 Å². The molecule has 2 rings (SSSR count). The third-order valence-electron chi connectivity index (χ3n) is 4.89. The fourth-order valence-corrected chi connectivity index (χ4v) is 3.08. The zero-order valence-electron chi connectivity index (χ0n) is 17.0. The van der Waals surface area contributed by atoms with Crippen LogP contribution in [0, 0.1) is 5.92 Å². The third kappa shape index (κ3) is 5.79. The third-order valence-corrected chi connectivity index (χ3v) is 4.89. The van der Waals surface area contributed by atoms with Gasteiger partial charge in [-0.3, -0.25) is 9.59 Å². The van der Waals surface area contributed by atoms with E-state index in [1.54, 1.807) is 31.4 Å². The van der Waals surface area contributed by atoms with E-state index in [4.69, 9.17) is 4.74 Å². The van der Waals surface area contributed by atoms with Crippen LogP contribution in [0.1, 0.15) is 80.7 Å². The molecular formula is C25H34O3. The molecule has 0 aliphatic heterocycles. The average molecular weight is 383 g/mol. The van der Waals surface area contributed by atoms with Gasteiger partial charge in [-0.2, -0.15) is 0 Å². The molecule has 0 spiro atoms. The maximum absolute atomic E-state index is 13.1. The molecule has 28 heavy (non-hydrogen) atoms. The summed E-state index contributed by atoms with van der Waals surface area (Å²) in [4.78, 5) is 26.1. The maximum Gasteiger partial charge on any atom is 0.173 e. The molecule has 0 N–H and O–H groups in total. The van der Waals surface area contributed by atoms with E-state index in [9.17, 15) is 9.59 Å². The van der Waals surface area contributed by atoms with Crippen molar-refractivity contribution in [3.05, 3.63) is 65.2 Å². The number of methoxy groups -OCH3 is 1. The van der Waals surface area contributed by atoms with Crippen LogP contribution in [-0.2, 0) is 5.41 Å². The Morgan fingerprint density at radius 1 is 0.893 bits per heavy atom. The molecule has 2 aromatic carbocycles. The fraction of sp³-hybridized carbons (Fsp3) is 0.440. The number of carbonyl (C=O) groups is 2. The summed E-state index contributed by atoms with van der Waals surface area (Å²) in [5.74, 6) is -0.152. The van der Waals surface area contributed by atoms with Crippen molar-refractivity contribution in [1.82, 2.24) is 0 Å². The lowest BCUT2D eigenvalue weighted by atomic mass is 9.83. The summed E-state index contributed by atoms with van der Waals surface area (Å²) in [6.07, 6.45) is 2.36. The van der Waals surface area contributed by atoms with Gasteiger partial charge in [-0.1, -0.05) is 72.2 Å². The highest BCUT2D eigenvalue weighted by Gasteiger charge is 2.28. The van der Waals surface area contributed by atoms with Gasteiger partial charge in [0, 0.05) is 11.1 Å². The molecule has 0 aliphatic rings. The van der Waals surface area contributed by atoms with Crippen molar-refractivity contribution in [2.24, 2.45) is 5.92 Å². The molecule has 0 saturated carbocycles. The van der Waals surface area contributed by atoms with Crippen LogP contribution in [0.3, 0.4) is 0 Å². The van der Waals surface area contributed by atoms with E-state index in [2.05, 4.69) is 27.7 Å². The predicted octanol–water partition coefficient (Wildman–Crippen LogP) is 6.50. The van der Waals surface area contributed by atoms with Crippen molar-refractivity contribution in [1.29, 1.82) is 0 Å². The van der Waals surface area contributed by atoms with E-state index in [1.165, 1.54) is 5.56 Å². The summed E-state index contributed by atoms with van der Waals surface area (Å²) in [6.45, 7) is 8.49. The van der Waals surface area contributed by atoms with Crippen LogP contribution in [0.5, 0.6) is 5.75 Å². The Morgan fingerprint density at radius 3 is 1.75 bits per heavy atom. The maximum atomic E-state index is 13.1. The van der Waals surface area contributed by atoms with Crippen LogP contribution in [0.15, 0.2) is 48.5 Å². The van der Waals surface area contributed by atoms with Gasteiger partial charge < -0.3 is 4.74 Å². The Morgan fingerprint density at radius 2 is 1.36 bits per heavy atom. The van der Waals surface area contributed by atoms with Gasteiger partial charge in [0.15, 0.2) is 11.6 Å². The first-order valence-electron chi connectivity index (χ1n) is 9.61. The Labute approximate surface area is 170 Å². The number of benzene rings is 2. The molecule has 0 bridgehead atoms. The molecule has 0 radical (unpaired) electrons. The first kappa shape index (κ1) is 23.6. The topological polar surface area (TPSA) is 43.4 Å². The number of rotatable bonds is 8. The van der Waals surface area contributed by atoms with Gasteiger partial charge in [0.05, 0.1) is 13.0 Å². The largest absolute Gasteiger partial charge is 0.497 e. The molecule has 0 aliphatic carbocycles. The number of carbonyl (C=O) groups excluding carboxylic acids is 2. The van der Waals surface area contributed by atoms with Gasteiger partial charge in [0.1, 0.15) is 5.75 Å². The molecule has 3 heteroatoms. The summed E-state index contributed by atoms with van der Waals surface area (Å²) < 4.78 is 5.15. The van der Waals surface area contributed by atoms with Crippen LogP contribution < -0.4 is 4.74 Å². The molecule has 1 unspecified atom stereocenters. The number of hydrogen-bond donors (Lipinski definition) is 0. The summed E-state index contributed by atoms with van der Waals surface area (Å²) in [5.41, 5.74) is 2.36. The number of Topliss-reactive ketones (excluding diaryl/α,β-unsaturated/α-hetero) is 2. The van der Waals surface area contributed by atoms with E-state index in [0.29, 0.717) is 23.3 Å². The fourth-order valence-electron chi connectivity index (χ4n) is 3.08. The Bertz CT molecular complexity index is 765. The first-order chi connectivity index (χ1) is 12.8. The molecule has 3 nitrogen and oxygen atoms in total. The number of ether oxygens (including phenoxy) is 1. The highest BCUT2D eigenvalue weighted by atomic mass is 16.5. The second kappa shape index (κ2) is 10.2. The molecule has 0 amide bonds. The van der Waals surface area contributed by atoms with E-state index >= 15 is 0 Å². The molecule has 152 valence electrons. The van der Waals surface area contributed by atoms with Crippen molar-refractivity contribution in [3.8, 4) is 5.75 Å². The van der Waals surface area contributed by atoms with Crippen LogP contribution in [-0.4, -0.2) is 18.7 Å². The first-order valence-corrected chi connectivity index (χ1v) is 9.61. The monoisotopic (exact) mass is 382 g/mol. The minimum Gasteiger partial charge on any atom is -0.497 e. The quantitative estimate of drug-likeness (QED) is 0.386. The van der Waals surface area contributed by atoms with E-state index in [0.717, 1.165) is 12.8 Å². The molecule has 2 aromatic rings. The highest BCUT2D eigenvalue weighted by Crippen LogP contribution is 2.25. The SMILES string of the molecule is C.CCCCC(C(=O)c1ccc(OC)cc1)C(=O)c1ccc(C(C)(C)C)cc1. The molecule has 1 atom stereocenters. The molecule has 0 aromatic heterocycles. The molecule has 0 heterocycles.